The molecule has 4 heteroatoms. The molecule has 0 aliphatic heterocycles. The van der Waals surface area contributed by atoms with E-state index in [1.807, 2.05) is 12.1 Å². The van der Waals surface area contributed by atoms with E-state index in [4.69, 9.17) is 22.1 Å². The molecule has 0 bridgehead atoms. The molecule has 1 aromatic heterocycles. The normalized spacial score (nSPS) is 12.3. The predicted octanol–water partition coefficient (Wildman–Crippen LogP) is 4.43. The van der Waals surface area contributed by atoms with Gasteiger partial charge in [0.15, 0.2) is 0 Å². The highest BCUT2D eigenvalue weighted by atomic mass is 35.5. The third-order valence-electron chi connectivity index (χ3n) is 3.67. The first-order chi connectivity index (χ1) is 10.9. The summed E-state index contributed by atoms with van der Waals surface area (Å²) in [5.74, 6) is 0.415. The molecule has 2 N–H and O–H groups in total. The van der Waals surface area contributed by atoms with Gasteiger partial charge in [0.2, 0.25) is 5.88 Å². The van der Waals surface area contributed by atoms with Gasteiger partial charge in [0.05, 0.1) is 12.8 Å². The van der Waals surface area contributed by atoms with Crippen LogP contribution in [0.1, 0.15) is 37.6 Å². The van der Waals surface area contributed by atoms with Gasteiger partial charge in [-0.15, -0.1) is 0 Å². The Morgan fingerprint density at radius 2 is 1.83 bits per heavy atom. The minimum Gasteiger partial charge on any atom is -0.480 e. The number of nitrogens with zero attached hydrogens (tertiary/aromatic N) is 1. The number of nitrogens with two attached hydrogens (primary N) is 1. The van der Waals surface area contributed by atoms with E-state index in [0.29, 0.717) is 17.4 Å². The molecule has 2 aromatic rings. The van der Waals surface area contributed by atoms with Crippen LogP contribution in [0.25, 0.3) is 5.57 Å². The Kier molecular flexibility index (Phi) is 5.45. The van der Waals surface area contributed by atoms with E-state index in [9.17, 15) is 0 Å². The summed E-state index contributed by atoms with van der Waals surface area (Å²) >= 11 is 6.06. The lowest BCUT2D eigenvalue weighted by Crippen LogP contribution is -2.10. The number of methoxy groups -OCH3 is 1. The van der Waals surface area contributed by atoms with Gasteiger partial charge < -0.3 is 10.5 Å². The van der Waals surface area contributed by atoms with Crippen molar-refractivity contribution in [2.75, 3.05) is 13.7 Å². The standard InChI is InChI=1S/C19H23ClN2O/c1-19(2,3)14-7-5-13(6-8-14)15(11-12-21)17-10-9-16(20)18(22-17)23-4/h5-11H,12,21H2,1-4H3/b15-11+. The molecule has 2 rings (SSSR count). The van der Waals surface area contributed by atoms with Crippen LogP contribution in [0.4, 0.5) is 0 Å². The van der Waals surface area contributed by atoms with Gasteiger partial charge in [0, 0.05) is 12.1 Å². The molecule has 0 spiro atoms. The lowest BCUT2D eigenvalue weighted by atomic mass is 9.86. The number of hydrogen-bond donors (Lipinski definition) is 1. The second-order valence-electron chi connectivity index (χ2n) is 6.37. The molecule has 0 aliphatic rings. The zero-order valence-electron chi connectivity index (χ0n) is 14.1. The van der Waals surface area contributed by atoms with Gasteiger partial charge in [-0.1, -0.05) is 62.7 Å². The smallest absolute Gasteiger partial charge is 0.232 e. The van der Waals surface area contributed by atoms with Gasteiger partial charge >= 0.3 is 0 Å². The molecule has 0 saturated carbocycles. The van der Waals surface area contributed by atoms with Crippen molar-refractivity contribution in [3.05, 3.63) is 64.3 Å². The molecule has 3 nitrogen and oxygen atoms in total. The van der Waals surface area contributed by atoms with E-state index in [2.05, 4.69) is 50.0 Å². The minimum atomic E-state index is 0.123. The van der Waals surface area contributed by atoms with E-state index in [1.165, 1.54) is 5.56 Å². The number of halogens is 1. The van der Waals surface area contributed by atoms with E-state index >= 15 is 0 Å². The highest BCUT2D eigenvalue weighted by Gasteiger charge is 2.15. The van der Waals surface area contributed by atoms with E-state index < -0.39 is 0 Å². The summed E-state index contributed by atoms with van der Waals surface area (Å²) in [6.45, 7) is 7.03. The average molecular weight is 331 g/mol. The molecule has 1 aromatic carbocycles. The second kappa shape index (κ2) is 7.16. The molecule has 0 atom stereocenters. The third-order valence-corrected chi connectivity index (χ3v) is 3.95. The van der Waals surface area contributed by atoms with Gasteiger partial charge in [-0.3, -0.25) is 0 Å². The van der Waals surface area contributed by atoms with Gasteiger partial charge in [0.25, 0.3) is 0 Å². The van der Waals surface area contributed by atoms with Crippen LogP contribution in [0.15, 0.2) is 42.5 Å². The fraction of sp³-hybridized carbons (Fsp3) is 0.316. The van der Waals surface area contributed by atoms with E-state index in [1.54, 1.807) is 13.2 Å². The van der Waals surface area contributed by atoms with E-state index in [0.717, 1.165) is 16.8 Å². The average Bonchev–Trinajstić information content (AvgIpc) is 2.53. The first kappa shape index (κ1) is 17.5. The lowest BCUT2D eigenvalue weighted by molar-refractivity contribution is 0.398. The van der Waals surface area contributed by atoms with Crippen molar-refractivity contribution in [3.8, 4) is 5.88 Å². The summed E-state index contributed by atoms with van der Waals surface area (Å²) in [6, 6.07) is 12.2. The highest BCUT2D eigenvalue weighted by molar-refractivity contribution is 6.31. The fourth-order valence-electron chi connectivity index (χ4n) is 2.35. The molecule has 0 unspecified atom stereocenters. The van der Waals surface area contributed by atoms with Crippen LogP contribution in [-0.2, 0) is 5.41 Å². The Hall–Kier alpha value is -1.84. The van der Waals surface area contributed by atoms with Crippen molar-refractivity contribution < 1.29 is 4.74 Å². The first-order valence-corrected chi connectivity index (χ1v) is 7.96. The molecule has 0 amide bonds. The third kappa shape index (κ3) is 4.12. The Morgan fingerprint density at radius 3 is 2.35 bits per heavy atom. The lowest BCUT2D eigenvalue weighted by Gasteiger charge is -2.19. The number of rotatable bonds is 4. The van der Waals surface area contributed by atoms with Crippen LogP contribution < -0.4 is 10.5 Å². The number of aromatic nitrogens is 1. The van der Waals surface area contributed by atoms with Crippen LogP contribution in [-0.4, -0.2) is 18.6 Å². The summed E-state index contributed by atoms with van der Waals surface area (Å²) in [7, 11) is 1.56. The number of hydrogen-bond acceptors (Lipinski definition) is 3. The van der Waals surface area contributed by atoms with Gasteiger partial charge in [-0.2, -0.15) is 0 Å². The summed E-state index contributed by atoms with van der Waals surface area (Å²) in [4.78, 5) is 4.48. The largest absolute Gasteiger partial charge is 0.480 e. The van der Waals surface area contributed by atoms with Crippen molar-refractivity contribution in [1.82, 2.24) is 4.98 Å². The van der Waals surface area contributed by atoms with Crippen LogP contribution in [0.5, 0.6) is 5.88 Å². The van der Waals surface area contributed by atoms with Gasteiger partial charge in [0.1, 0.15) is 5.02 Å². The molecule has 0 radical (unpaired) electrons. The maximum atomic E-state index is 6.06. The summed E-state index contributed by atoms with van der Waals surface area (Å²) in [6.07, 6.45) is 1.96. The summed E-state index contributed by atoms with van der Waals surface area (Å²) in [5.41, 5.74) is 9.99. The van der Waals surface area contributed by atoms with E-state index in [-0.39, 0.29) is 5.41 Å². The predicted molar refractivity (Wildman–Crippen MR) is 97.1 cm³/mol. The van der Waals surface area contributed by atoms with Crippen molar-refractivity contribution in [1.29, 1.82) is 0 Å². The monoisotopic (exact) mass is 330 g/mol. The number of ether oxygens (including phenoxy) is 1. The molecule has 0 fully saturated rings. The quantitative estimate of drug-likeness (QED) is 0.902. The number of pyridine rings is 1. The van der Waals surface area contributed by atoms with Crippen LogP contribution in [0.3, 0.4) is 0 Å². The molecule has 0 saturated heterocycles. The van der Waals surface area contributed by atoms with Crippen LogP contribution in [0, 0.1) is 0 Å². The molecule has 122 valence electrons. The van der Waals surface area contributed by atoms with Crippen LogP contribution >= 0.6 is 11.6 Å². The topological polar surface area (TPSA) is 48.1 Å². The minimum absolute atomic E-state index is 0.123. The maximum absolute atomic E-state index is 6.06. The molecule has 1 heterocycles. The van der Waals surface area contributed by atoms with Crippen molar-refractivity contribution >= 4 is 17.2 Å². The van der Waals surface area contributed by atoms with Crippen molar-refractivity contribution in [2.45, 2.75) is 26.2 Å². The second-order valence-corrected chi connectivity index (χ2v) is 6.78. The first-order valence-electron chi connectivity index (χ1n) is 7.59. The van der Waals surface area contributed by atoms with Crippen molar-refractivity contribution in [3.63, 3.8) is 0 Å². The molecular formula is C19H23ClN2O. The Balaban J connectivity index is 2.45. The van der Waals surface area contributed by atoms with Crippen LogP contribution in [0.2, 0.25) is 5.02 Å². The Labute approximate surface area is 143 Å². The molecule has 0 aliphatic carbocycles. The fourth-order valence-corrected chi connectivity index (χ4v) is 2.54. The summed E-state index contributed by atoms with van der Waals surface area (Å²) < 4.78 is 5.21. The number of benzene rings is 1. The highest BCUT2D eigenvalue weighted by Crippen LogP contribution is 2.29. The van der Waals surface area contributed by atoms with Gasteiger partial charge in [-0.05, 0) is 28.7 Å². The molecular weight excluding hydrogens is 308 g/mol. The van der Waals surface area contributed by atoms with Crippen molar-refractivity contribution in [2.24, 2.45) is 5.73 Å². The Morgan fingerprint density at radius 1 is 1.17 bits per heavy atom. The van der Waals surface area contributed by atoms with Gasteiger partial charge in [-0.25, -0.2) is 4.98 Å². The zero-order chi connectivity index (χ0) is 17.0. The summed E-state index contributed by atoms with van der Waals surface area (Å²) in [5, 5.41) is 0.492. The Bertz CT molecular complexity index is 700. The SMILES string of the molecule is COc1nc(/C(=C/CN)c2ccc(C(C)(C)C)cc2)ccc1Cl. The molecule has 23 heavy (non-hydrogen) atoms. The maximum Gasteiger partial charge on any atom is 0.232 e. The zero-order valence-corrected chi connectivity index (χ0v) is 14.8.